The molecule has 32 heavy (non-hydrogen) atoms. The van der Waals surface area contributed by atoms with Crippen molar-refractivity contribution in [3.63, 3.8) is 0 Å². The third-order valence-corrected chi connectivity index (χ3v) is 4.59. The third-order valence-electron chi connectivity index (χ3n) is 4.59. The molecule has 3 aromatic rings. The number of halogens is 7. The van der Waals surface area contributed by atoms with Crippen LogP contribution in [0.15, 0.2) is 59.8 Å². The summed E-state index contributed by atoms with van der Waals surface area (Å²) in [5, 5.41) is 21.2. The van der Waals surface area contributed by atoms with Gasteiger partial charge in [-0.1, -0.05) is 29.4 Å². The highest BCUT2D eigenvalue weighted by molar-refractivity contribution is 6.07. The molecule has 3 aromatic carbocycles. The summed E-state index contributed by atoms with van der Waals surface area (Å²) < 4.78 is 96.0. The van der Waals surface area contributed by atoms with Crippen molar-refractivity contribution in [2.24, 2.45) is 10.9 Å². The van der Waals surface area contributed by atoms with Crippen molar-refractivity contribution in [3.05, 3.63) is 77.1 Å². The second-order valence-corrected chi connectivity index (χ2v) is 6.64. The maximum absolute atomic E-state index is 14.3. The summed E-state index contributed by atoms with van der Waals surface area (Å²) in [5.41, 5.74) is 0.0274. The van der Waals surface area contributed by atoms with Gasteiger partial charge in [-0.25, -0.2) is 4.39 Å². The number of aromatic hydroxyl groups is 1. The van der Waals surface area contributed by atoms with Crippen molar-refractivity contribution in [2.75, 3.05) is 0 Å². The van der Waals surface area contributed by atoms with E-state index in [2.05, 4.69) is 5.16 Å². The van der Waals surface area contributed by atoms with E-state index in [9.17, 15) is 35.8 Å². The molecule has 0 heterocycles. The Labute approximate surface area is 176 Å². The molecule has 3 rings (SSSR count). The van der Waals surface area contributed by atoms with Gasteiger partial charge in [0.05, 0.1) is 11.1 Å². The molecular formula is C21H13F7N2O2. The standard InChI is InChI=1S/C21H13F7N2O2/c22-16-3-1-2-13(18(16)21(26,27)28)17-14(10-4-6-12(31)7-5-10)8-11(20(23,24)25)9-15(17)19(29)30-32/h1-9,31-32H,(H2,29,30). The Hall–Kier alpha value is -3.76. The largest absolute Gasteiger partial charge is 0.508 e. The molecule has 0 spiro atoms. The highest BCUT2D eigenvalue weighted by Gasteiger charge is 2.39. The second-order valence-electron chi connectivity index (χ2n) is 6.64. The fraction of sp³-hybridized carbons (Fsp3) is 0.0952. The highest BCUT2D eigenvalue weighted by atomic mass is 19.4. The SMILES string of the molecule is NC(=NO)c1cc(C(F)(F)F)cc(-c2ccc(O)cc2)c1-c1cccc(F)c1C(F)(F)F. The Balaban J connectivity index is 2.55. The molecule has 4 N–H and O–H groups in total. The fourth-order valence-electron chi connectivity index (χ4n) is 3.24. The lowest BCUT2D eigenvalue weighted by Gasteiger charge is -2.21. The maximum Gasteiger partial charge on any atom is 0.419 e. The van der Waals surface area contributed by atoms with E-state index in [1.807, 2.05) is 0 Å². The van der Waals surface area contributed by atoms with Crippen LogP contribution in [0.1, 0.15) is 16.7 Å². The van der Waals surface area contributed by atoms with E-state index in [-0.39, 0.29) is 11.3 Å². The van der Waals surface area contributed by atoms with E-state index in [0.29, 0.717) is 18.2 Å². The first kappa shape index (κ1) is 22.9. The summed E-state index contributed by atoms with van der Waals surface area (Å²) in [7, 11) is 0. The zero-order chi connectivity index (χ0) is 23.8. The summed E-state index contributed by atoms with van der Waals surface area (Å²) in [5.74, 6) is -2.82. The number of oxime groups is 1. The van der Waals surface area contributed by atoms with Crippen LogP contribution in [-0.2, 0) is 12.4 Å². The van der Waals surface area contributed by atoms with Crippen LogP contribution in [0.2, 0.25) is 0 Å². The molecule has 0 saturated heterocycles. The number of phenols is 1. The monoisotopic (exact) mass is 458 g/mol. The van der Waals surface area contributed by atoms with Gasteiger partial charge in [-0.3, -0.25) is 0 Å². The molecule has 0 fully saturated rings. The average Bonchev–Trinajstić information content (AvgIpc) is 2.71. The molecule has 0 aliphatic heterocycles. The predicted molar refractivity (Wildman–Crippen MR) is 101 cm³/mol. The van der Waals surface area contributed by atoms with Gasteiger partial charge in [-0.2, -0.15) is 26.3 Å². The highest BCUT2D eigenvalue weighted by Crippen LogP contribution is 2.45. The van der Waals surface area contributed by atoms with Gasteiger partial charge in [0.15, 0.2) is 5.84 Å². The number of phenolic OH excluding ortho intramolecular Hbond substituents is 1. The number of rotatable bonds is 3. The van der Waals surface area contributed by atoms with Crippen molar-refractivity contribution in [2.45, 2.75) is 12.4 Å². The van der Waals surface area contributed by atoms with Crippen molar-refractivity contribution in [1.29, 1.82) is 0 Å². The minimum absolute atomic E-state index is 0.0340. The third kappa shape index (κ3) is 4.32. The van der Waals surface area contributed by atoms with Crippen molar-refractivity contribution in [1.82, 2.24) is 0 Å². The number of hydrogen-bond donors (Lipinski definition) is 3. The van der Waals surface area contributed by atoms with Gasteiger partial charge < -0.3 is 16.0 Å². The van der Waals surface area contributed by atoms with Gasteiger partial charge in [-0.05, 0) is 47.0 Å². The first-order chi connectivity index (χ1) is 14.8. The Morgan fingerprint density at radius 1 is 0.844 bits per heavy atom. The number of nitrogens with two attached hydrogens (primary N) is 1. The van der Waals surface area contributed by atoms with Crippen molar-refractivity contribution in [3.8, 4) is 28.0 Å². The minimum atomic E-state index is -5.21. The van der Waals surface area contributed by atoms with E-state index in [0.717, 1.165) is 36.4 Å². The van der Waals surface area contributed by atoms with E-state index in [1.54, 1.807) is 0 Å². The van der Waals surface area contributed by atoms with Gasteiger partial charge >= 0.3 is 12.4 Å². The smallest absolute Gasteiger partial charge is 0.419 e. The summed E-state index contributed by atoms with van der Waals surface area (Å²) in [6, 6.07) is 7.91. The molecule has 0 saturated carbocycles. The zero-order valence-corrected chi connectivity index (χ0v) is 15.8. The molecule has 0 radical (unpaired) electrons. The Kier molecular flexibility index (Phi) is 5.77. The van der Waals surface area contributed by atoms with Crippen molar-refractivity contribution >= 4 is 5.84 Å². The number of hydrogen-bond acceptors (Lipinski definition) is 3. The number of nitrogens with zero attached hydrogens (tertiary/aromatic N) is 1. The molecule has 168 valence electrons. The van der Waals surface area contributed by atoms with Gasteiger partial charge in [-0.15, -0.1) is 0 Å². The average molecular weight is 458 g/mol. The van der Waals surface area contributed by atoms with Crippen LogP contribution in [0, 0.1) is 5.82 Å². The molecule has 11 heteroatoms. The molecular weight excluding hydrogens is 445 g/mol. The van der Waals surface area contributed by atoms with Gasteiger partial charge in [0.25, 0.3) is 0 Å². The Bertz CT molecular complexity index is 1180. The predicted octanol–water partition coefficient (Wildman–Crippen LogP) is 6.00. The Morgan fingerprint density at radius 3 is 2.00 bits per heavy atom. The van der Waals surface area contributed by atoms with Gasteiger partial charge in [0, 0.05) is 11.1 Å². The van der Waals surface area contributed by atoms with E-state index >= 15 is 0 Å². The number of amidine groups is 1. The van der Waals surface area contributed by atoms with Crippen molar-refractivity contribution < 1.29 is 41.0 Å². The lowest BCUT2D eigenvalue weighted by atomic mass is 9.85. The van der Waals surface area contributed by atoms with Crippen LogP contribution in [0.25, 0.3) is 22.3 Å². The first-order valence-electron chi connectivity index (χ1n) is 8.73. The molecule has 0 unspecified atom stereocenters. The number of benzene rings is 3. The molecule has 0 amide bonds. The quantitative estimate of drug-likeness (QED) is 0.148. The lowest BCUT2D eigenvalue weighted by molar-refractivity contribution is -0.139. The second kappa shape index (κ2) is 8.06. The van der Waals surface area contributed by atoms with Crippen LogP contribution >= 0.6 is 0 Å². The van der Waals surface area contributed by atoms with Crippen LogP contribution in [-0.4, -0.2) is 16.1 Å². The minimum Gasteiger partial charge on any atom is -0.508 e. The summed E-state index contributed by atoms with van der Waals surface area (Å²) in [4.78, 5) is 0. The lowest BCUT2D eigenvalue weighted by Crippen LogP contribution is -2.19. The topological polar surface area (TPSA) is 78.8 Å². The van der Waals surface area contributed by atoms with Crippen LogP contribution < -0.4 is 5.73 Å². The zero-order valence-electron chi connectivity index (χ0n) is 15.8. The van der Waals surface area contributed by atoms with Crippen LogP contribution in [0.5, 0.6) is 5.75 Å². The summed E-state index contributed by atoms with van der Waals surface area (Å²) in [6.07, 6.45) is -10.2. The molecule has 0 aromatic heterocycles. The molecule has 0 aliphatic carbocycles. The van der Waals surface area contributed by atoms with Crippen LogP contribution in [0.4, 0.5) is 30.7 Å². The van der Waals surface area contributed by atoms with E-state index < -0.39 is 57.4 Å². The number of alkyl halides is 6. The summed E-state index contributed by atoms with van der Waals surface area (Å²) >= 11 is 0. The van der Waals surface area contributed by atoms with Gasteiger partial charge in [0.2, 0.25) is 0 Å². The molecule has 0 atom stereocenters. The molecule has 0 bridgehead atoms. The van der Waals surface area contributed by atoms with Crippen LogP contribution in [0.3, 0.4) is 0 Å². The molecule has 0 aliphatic rings. The summed E-state index contributed by atoms with van der Waals surface area (Å²) in [6.45, 7) is 0. The maximum atomic E-state index is 14.3. The Morgan fingerprint density at radius 2 is 1.47 bits per heavy atom. The van der Waals surface area contributed by atoms with Gasteiger partial charge in [0.1, 0.15) is 11.6 Å². The van der Waals surface area contributed by atoms with E-state index in [4.69, 9.17) is 10.9 Å². The normalized spacial score (nSPS) is 12.8. The fourth-order valence-corrected chi connectivity index (χ4v) is 3.24. The van der Waals surface area contributed by atoms with E-state index in [1.165, 1.54) is 0 Å². The first-order valence-corrected chi connectivity index (χ1v) is 8.73. The molecule has 4 nitrogen and oxygen atoms in total.